The summed E-state index contributed by atoms with van der Waals surface area (Å²) in [6.07, 6.45) is 2.66. The molecule has 0 aromatic rings. The Hall–Kier alpha value is -0.0900. The lowest BCUT2D eigenvalue weighted by molar-refractivity contribution is 0.346. The Morgan fingerprint density at radius 2 is 1.93 bits per heavy atom. The standard InChI is InChI=1S/C11H23NO2S/c1-8(2)7-15(13,14)11-6-9(3)4-5-10(11)12/h8-11H,4-7,12H2,1-3H3. The predicted molar refractivity (Wildman–Crippen MR) is 63.4 cm³/mol. The predicted octanol–water partition coefficient (Wildman–Crippen LogP) is 1.57. The monoisotopic (exact) mass is 233 g/mol. The summed E-state index contributed by atoms with van der Waals surface area (Å²) in [5, 5.41) is -0.302. The first kappa shape index (κ1) is 13.0. The highest BCUT2D eigenvalue weighted by molar-refractivity contribution is 7.92. The van der Waals surface area contributed by atoms with Crippen molar-refractivity contribution in [3.05, 3.63) is 0 Å². The molecule has 3 nitrogen and oxygen atoms in total. The lowest BCUT2D eigenvalue weighted by Crippen LogP contribution is -2.46. The average molecular weight is 233 g/mol. The fourth-order valence-electron chi connectivity index (χ4n) is 2.35. The van der Waals surface area contributed by atoms with E-state index < -0.39 is 9.84 Å². The van der Waals surface area contributed by atoms with Crippen molar-refractivity contribution in [1.82, 2.24) is 0 Å². The van der Waals surface area contributed by atoms with Crippen LogP contribution < -0.4 is 5.73 Å². The maximum absolute atomic E-state index is 12.1. The van der Waals surface area contributed by atoms with Crippen molar-refractivity contribution in [1.29, 1.82) is 0 Å². The molecular formula is C11H23NO2S. The third-order valence-electron chi connectivity index (χ3n) is 3.13. The molecule has 1 aliphatic carbocycles. The minimum atomic E-state index is -2.99. The average Bonchev–Trinajstić information content (AvgIpc) is 2.06. The number of rotatable bonds is 3. The maximum Gasteiger partial charge on any atom is 0.154 e. The highest BCUT2D eigenvalue weighted by Crippen LogP contribution is 2.28. The van der Waals surface area contributed by atoms with E-state index in [2.05, 4.69) is 6.92 Å². The van der Waals surface area contributed by atoms with Crippen molar-refractivity contribution in [2.24, 2.45) is 17.6 Å². The third-order valence-corrected chi connectivity index (χ3v) is 5.73. The first-order valence-corrected chi connectivity index (χ1v) is 7.51. The molecule has 0 heterocycles. The molecule has 90 valence electrons. The lowest BCUT2D eigenvalue weighted by atomic mass is 9.87. The van der Waals surface area contributed by atoms with Gasteiger partial charge < -0.3 is 5.73 Å². The van der Waals surface area contributed by atoms with Gasteiger partial charge in [0.2, 0.25) is 0 Å². The van der Waals surface area contributed by atoms with E-state index in [1.165, 1.54) is 0 Å². The van der Waals surface area contributed by atoms with Crippen LogP contribution in [0.5, 0.6) is 0 Å². The summed E-state index contributed by atoms with van der Waals surface area (Å²) < 4.78 is 24.1. The van der Waals surface area contributed by atoms with E-state index in [0.29, 0.717) is 5.92 Å². The fourth-order valence-corrected chi connectivity index (χ4v) is 4.82. The largest absolute Gasteiger partial charge is 0.327 e. The van der Waals surface area contributed by atoms with E-state index in [1.54, 1.807) is 0 Å². The van der Waals surface area contributed by atoms with Crippen LogP contribution in [0.2, 0.25) is 0 Å². The Balaban J connectivity index is 2.76. The first-order valence-electron chi connectivity index (χ1n) is 5.80. The molecular weight excluding hydrogens is 210 g/mol. The van der Waals surface area contributed by atoms with Gasteiger partial charge in [-0.25, -0.2) is 8.42 Å². The number of hydrogen-bond donors (Lipinski definition) is 1. The minimum Gasteiger partial charge on any atom is -0.327 e. The molecule has 0 bridgehead atoms. The zero-order valence-corrected chi connectivity index (χ0v) is 10.8. The lowest BCUT2D eigenvalue weighted by Gasteiger charge is -2.32. The van der Waals surface area contributed by atoms with Crippen LogP contribution in [0.4, 0.5) is 0 Å². The van der Waals surface area contributed by atoms with Crippen LogP contribution in [0.1, 0.15) is 40.0 Å². The molecule has 1 rings (SSSR count). The van der Waals surface area contributed by atoms with Crippen LogP contribution in [0.3, 0.4) is 0 Å². The quantitative estimate of drug-likeness (QED) is 0.805. The van der Waals surface area contributed by atoms with E-state index in [9.17, 15) is 8.42 Å². The molecule has 15 heavy (non-hydrogen) atoms. The van der Waals surface area contributed by atoms with Gasteiger partial charge in [-0.2, -0.15) is 0 Å². The second-order valence-corrected chi connectivity index (χ2v) is 7.61. The molecule has 1 saturated carbocycles. The highest BCUT2D eigenvalue weighted by Gasteiger charge is 2.35. The smallest absolute Gasteiger partial charge is 0.154 e. The summed E-state index contributed by atoms with van der Waals surface area (Å²) >= 11 is 0. The van der Waals surface area contributed by atoms with E-state index in [-0.39, 0.29) is 23.0 Å². The summed E-state index contributed by atoms with van der Waals surface area (Å²) in [6, 6.07) is -0.148. The number of hydrogen-bond acceptors (Lipinski definition) is 3. The van der Waals surface area contributed by atoms with Crippen molar-refractivity contribution in [2.75, 3.05) is 5.75 Å². The highest BCUT2D eigenvalue weighted by atomic mass is 32.2. The van der Waals surface area contributed by atoms with Gasteiger partial charge in [0.15, 0.2) is 9.84 Å². The van der Waals surface area contributed by atoms with Crippen molar-refractivity contribution in [3.8, 4) is 0 Å². The molecule has 3 unspecified atom stereocenters. The van der Waals surface area contributed by atoms with E-state index >= 15 is 0 Å². The van der Waals surface area contributed by atoms with Gasteiger partial charge in [0.1, 0.15) is 0 Å². The van der Waals surface area contributed by atoms with Crippen molar-refractivity contribution < 1.29 is 8.42 Å². The van der Waals surface area contributed by atoms with Gasteiger partial charge >= 0.3 is 0 Å². The Labute approximate surface area is 93.3 Å². The van der Waals surface area contributed by atoms with Gasteiger partial charge in [-0.05, 0) is 31.1 Å². The van der Waals surface area contributed by atoms with Gasteiger partial charge in [-0.3, -0.25) is 0 Å². The normalized spacial score (nSPS) is 33.3. The number of nitrogens with two attached hydrogens (primary N) is 1. The molecule has 0 aromatic heterocycles. The zero-order valence-electron chi connectivity index (χ0n) is 9.94. The minimum absolute atomic E-state index is 0.148. The second-order valence-electron chi connectivity index (χ2n) is 5.34. The van der Waals surface area contributed by atoms with Crippen LogP contribution in [0.15, 0.2) is 0 Å². The molecule has 0 spiro atoms. The SMILES string of the molecule is CC(C)CS(=O)(=O)C1CC(C)CCC1N. The topological polar surface area (TPSA) is 60.2 Å². The fraction of sp³-hybridized carbons (Fsp3) is 1.00. The van der Waals surface area contributed by atoms with E-state index in [1.807, 2.05) is 13.8 Å². The third kappa shape index (κ3) is 3.45. The van der Waals surface area contributed by atoms with Crippen LogP contribution in [0, 0.1) is 11.8 Å². The molecule has 0 aliphatic heterocycles. The summed E-state index contributed by atoms with van der Waals surface area (Å²) in [6.45, 7) is 5.99. The van der Waals surface area contributed by atoms with Gasteiger partial charge in [0, 0.05) is 6.04 Å². The van der Waals surface area contributed by atoms with Crippen molar-refractivity contribution >= 4 is 9.84 Å². The van der Waals surface area contributed by atoms with Crippen molar-refractivity contribution in [2.45, 2.75) is 51.3 Å². The number of sulfone groups is 1. The molecule has 0 aromatic carbocycles. The molecule has 1 aliphatic rings. The molecule has 0 saturated heterocycles. The summed E-state index contributed by atoms with van der Waals surface area (Å²) in [7, 11) is -2.99. The summed E-state index contributed by atoms with van der Waals surface area (Å²) in [5.74, 6) is 0.967. The Morgan fingerprint density at radius 1 is 1.33 bits per heavy atom. The molecule has 0 radical (unpaired) electrons. The van der Waals surface area contributed by atoms with Crippen LogP contribution in [0.25, 0.3) is 0 Å². The maximum atomic E-state index is 12.1. The first-order chi connectivity index (χ1) is 6.83. The van der Waals surface area contributed by atoms with Gasteiger partial charge in [0.25, 0.3) is 0 Å². The van der Waals surface area contributed by atoms with E-state index in [4.69, 9.17) is 5.73 Å². The van der Waals surface area contributed by atoms with Crippen molar-refractivity contribution in [3.63, 3.8) is 0 Å². The molecule has 3 atom stereocenters. The summed E-state index contributed by atoms with van der Waals surface area (Å²) in [5.41, 5.74) is 5.92. The molecule has 0 amide bonds. The second kappa shape index (κ2) is 4.83. The Morgan fingerprint density at radius 3 is 2.47 bits per heavy atom. The van der Waals surface area contributed by atoms with Gasteiger partial charge in [-0.15, -0.1) is 0 Å². The van der Waals surface area contributed by atoms with Gasteiger partial charge in [0.05, 0.1) is 11.0 Å². The van der Waals surface area contributed by atoms with Gasteiger partial charge in [-0.1, -0.05) is 20.8 Å². The van der Waals surface area contributed by atoms with Crippen LogP contribution in [-0.4, -0.2) is 25.5 Å². The Kier molecular flexibility index (Phi) is 4.18. The van der Waals surface area contributed by atoms with E-state index in [0.717, 1.165) is 19.3 Å². The Bertz CT molecular complexity index is 298. The van der Waals surface area contributed by atoms with Crippen LogP contribution >= 0.6 is 0 Å². The zero-order chi connectivity index (χ0) is 11.6. The molecule has 2 N–H and O–H groups in total. The molecule has 1 fully saturated rings. The van der Waals surface area contributed by atoms with Crippen LogP contribution in [-0.2, 0) is 9.84 Å². The molecule has 4 heteroatoms. The summed E-state index contributed by atoms with van der Waals surface area (Å²) in [4.78, 5) is 0.